The maximum Gasteiger partial charge on any atom is 0.146 e. The first-order valence-electron chi connectivity index (χ1n) is 6.82. The van der Waals surface area contributed by atoms with Gasteiger partial charge in [-0.15, -0.1) is 11.8 Å². The van der Waals surface area contributed by atoms with Gasteiger partial charge in [0.2, 0.25) is 0 Å². The van der Waals surface area contributed by atoms with Crippen molar-refractivity contribution in [1.29, 1.82) is 0 Å². The van der Waals surface area contributed by atoms with Crippen LogP contribution in [0.2, 0.25) is 0 Å². The highest BCUT2D eigenvalue weighted by atomic mass is 32.2. The number of hydrogen-bond donors (Lipinski definition) is 0. The third kappa shape index (κ3) is 6.89. The lowest BCUT2D eigenvalue weighted by molar-refractivity contribution is -0.0499. The number of rotatable bonds is 8. The number of hydrogen-bond acceptors (Lipinski definition) is 4. The number of ether oxygens (including phenoxy) is 2. The summed E-state index contributed by atoms with van der Waals surface area (Å²) in [6.45, 7) is 5.48. The molecule has 0 spiro atoms. The highest BCUT2D eigenvalue weighted by molar-refractivity contribution is 8.22. The summed E-state index contributed by atoms with van der Waals surface area (Å²) in [7, 11) is 2.00. The van der Waals surface area contributed by atoms with Crippen molar-refractivity contribution in [2.75, 3.05) is 12.9 Å². The number of thioether (sulfide) groups is 1. The summed E-state index contributed by atoms with van der Waals surface area (Å²) in [6, 6.07) is 10.2. The average Bonchev–Trinajstić information content (AvgIpc) is 2.45. The summed E-state index contributed by atoms with van der Waals surface area (Å²) in [5, 5.41) is 0. The Labute approximate surface area is 133 Å². The molecule has 0 N–H and O–H groups in total. The molecular weight excluding hydrogens is 287 g/mol. The molecule has 0 heterocycles. The fourth-order valence-corrected chi connectivity index (χ4v) is 2.11. The van der Waals surface area contributed by atoms with Crippen LogP contribution in [0.5, 0.6) is 0 Å². The summed E-state index contributed by atoms with van der Waals surface area (Å²) in [5.41, 5.74) is 0.995. The van der Waals surface area contributed by atoms with Crippen LogP contribution < -0.4 is 0 Å². The van der Waals surface area contributed by atoms with Crippen LogP contribution >= 0.6 is 24.0 Å². The molecule has 5 heteroatoms. The summed E-state index contributed by atoms with van der Waals surface area (Å²) < 4.78 is 12.6. The highest BCUT2D eigenvalue weighted by Crippen LogP contribution is 2.18. The number of benzene rings is 1. The topological polar surface area (TPSA) is 18.5 Å². The van der Waals surface area contributed by atoms with Crippen molar-refractivity contribution in [1.82, 2.24) is 0 Å². The van der Waals surface area contributed by atoms with Crippen LogP contribution in [0.3, 0.4) is 0 Å². The largest absolute Gasteiger partial charge is 0.381 e. The van der Waals surface area contributed by atoms with E-state index in [0.29, 0.717) is 13.2 Å². The van der Waals surface area contributed by atoms with Gasteiger partial charge in [-0.25, -0.2) is 0 Å². The van der Waals surface area contributed by atoms with Crippen LogP contribution in [0, 0.1) is 0 Å². The average molecular weight is 310 g/mol. The second-order valence-corrected chi connectivity index (χ2v) is 6.87. The van der Waals surface area contributed by atoms with E-state index in [1.807, 2.05) is 32.3 Å². The molecule has 0 aliphatic heterocycles. The standard InChI is InChI=1S/C15H23BO2S2/c1-15(2,9-10-17-13(16)14(19)20-3)18-11-12-7-5-4-6-8-12/h4-8,13H,9-11,16H2,1-3H3. The van der Waals surface area contributed by atoms with E-state index in [4.69, 9.17) is 21.7 Å². The van der Waals surface area contributed by atoms with E-state index in [-0.39, 0.29) is 11.6 Å². The molecule has 1 aromatic rings. The molecule has 0 saturated carbocycles. The van der Waals surface area contributed by atoms with Crippen molar-refractivity contribution < 1.29 is 9.47 Å². The van der Waals surface area contributed by atoms with Crippen molar-refractivity contribution >= 4 is 36.0 Å². The molecule has 0 bridgehead atoms. The van der Waals surface area contributed by atoms with E-state index in [9.17, 15) is 0 Å². The highest BCUT2D eigenvalue weighted by Gasteiger charge is 2.19. The second-order valence-electron chi connectivity index (χ2n) is 5.32. The maximum absolute atomic E-state index is 5.97. The van der Waals surface area contributed by atoms with Crippen LogP contribution in [0.15, 0.2) is 30.3 Å². The molecule has 0 amide bonds. The van der Waals surface area contributed by atoms with Gasteiger partial charge in [0.05, 0.1) is 22.4 Å². The Bertz CT molecular complexity index is 410. The summed E-state index contributed by atoms with van der Waals surface area (Å²) in [6.07, 6.45) is 2.83. The minimum atomic E-state index is -0.198. The normalized spacial score (nSPS) is 13.2. The first-order chi connectivity index (χ1) is 9.44. The summed E-state index contributed by atoms with van der Waals surface area (Å²) in [5.74, 6) is 0. The molecular formula is C15H23BO2S2. The van der Waals surface area contributed by atoms with Crippen molar-refractivity contribution in [3.05, 3.63) is 35.9 Å². The third-order valence-corrected chi connectivity index (χ3v) is 4.64. The van der Waals surface area contributed by atoms with Gasteiger partial charge in [-0.1, -0.05) is 42.5 Å². The molecule has 110 valence electrons. The van der Waals surface area contributed by atoms with E-state index in [1.165, 1.54) is 5.56 Å². The fourth-order valence-electron chi connectivity index (χ4n) is 1.64. The van der Waals surface area contributed by atoms with Crippen LogP contribution in [-0.4, -0.2) is 36.5 Å². The molecule has 0 aliphatic rings. The van der Waals surface area contributed by atoms with Crippen LogP contribution in [0.4, 0.5) is 0 Å². The second kappa shape index (κ2) is 8.83. The van der Waals surface area contributed by atoms with E-state index < -0.39 is 0 Å². The lowest BCUT2D eigenvalue weighted by Gasteiger charge is -2.26. The van der Waals surface area contributed by atoms with Gasteiger partial charge in [0.15, 0.2) is 0 Å². The maximum atomic E-state index is 5.97. The molecule has 1 atom stereocenters. The van der Waals surface area contributed by atoms with Gasteiger partial charge in [-0.05, 0) is 32.1 Å². The molecule has 2 nitrogen and oxygen atoms in total. The fraction of sp³-hybridized carbons (Fsp3) is 0.533. The van der Waals surface area contributed by atoms with Crippen LogP contribution in [-0.2, 0) is 16.1 Å². The quantitative estimate of drug-likeness (QED) is 0.542. The Morgan fingerprint density at radius 1 is 1.35 bits per heavy atom. The van der Waals surface area contributed by atoms with E-state index >= 15 is 0 Å². The van der Waals surface area contributed by atoms with Crippen molar-refractivity contribution in [3.8, 4) is 0 Å². The molecule has 1 unspecified atom stereocenters. The monoisotopic (exact) mass is 310 g/mol. The lowest BCUT2D eigenvalue weighted by atomic mass is 10.0. The van der Waals surface area contributed by atoms with Crippen molar-refractivity contribution in [2.24, 2.45) is 0 Å². The minimum Gasteiger partial charge on any atom is -0.381 e. The Hall–Kier alpha value is -0.355. The van der Waals surface area contributed by atoms with Gasteiger partial charge >= 0.3 is 0 Å². The van der Waals surface area contributed by atoms with Gasteiger partial charge < -0.3 is 9.47 Å². The zero-order chi connectivity index (χ0) is 15.0. The lowest BCUT2D eigenvalue weighted by Crippen LogP contribution is -2.29. The minimum absolute atomic E-state index is 0.0184. The van der Waals surface area contributed by atoms with Gasteiger partial charge in [-0.2, -0.15) is 0 Å². The molecule has 0 fully saturated rings. The van der Waals surface area contributed by atoms with Crippen LogP contribution in [0.25, 0.3) is 0 Å². The number of thiocarbonyl (C=S) groups is 1. The third-order valence-electron chi connectivity index (χ3n) is 3.08. The Morgan fingerprint density at radius 2 is 2.00 bits per heavy atom. The molecule has 0 saturated heterocycles. The SMILES string of the molecule is BC(OCCC(C)(C)OCc1ccccc1)C(=S)SC. The van der Waals surface area contributed by atoms with Gasteiger partial charge in [0.1, 0.15) is 7.85 Å². The van der Waals surface area contributed by atoms with E-state index in [0.717, 1.165) is 10.6 Å². The predicted molar refractivity (Wildman–Crippen MR) is 94.3 cm³/mol. The first kappa shape index (κ1) is 17.7. The predicted octanol–water partition coefficient (Wildman–Crippen LogP) is 3.04. The zero-order valence-electron chi connectivity index (χ0n) is 12.7. The molecule has 1 aromatic carbocycles. The van der Waals surface area contributed by atoms with E-state index in [2.05, 4.69) is 26.0 Å². The van der Waals surface area contributed by atoms with Gasteiger partial charge in [0, 0.05) is 6.61 Å². The van der Waals surface area contributed by atoms with Gasteiger partial charge in [0.25, 0.3) is 0 Å². The molecule has 20 heavy (non-hydrogen) atoms. The van der Waals surface area contributed by atoms with Crippen molar-refractivity contribution in [3.63, 3.8) is 0 Å². The van der Waals surface area contributed by atoms with E-state index in [1.54, 1.807) is 11.8 Å². The Balaban J connectivity index is 2.29. The first-order valence-corrected chi connectivity index (χ1v) is 8.45. The zero-order valence-corrected chi connectivity index (χ0v) is 14.4. The molecule has 0 aromatic heterocycles. The summed E-state index contributed by atoms with van der Waals surface area (Å²) in [4.78, 5) is 0. The van der Waals surface area contributed by atoms with Crippen molar-refractivity contribution in [2.45, 2.75) is 38.5 Å². The Kier molecular flexibility index (Phi) is 7.81. The smallest absolute Gasteiger partial charge is 0.146 e. The van der Waals surface area contributed by atoms with Crippen LogP contribution in [0.1, 0.15) is 25.8 Å². The molecule has 0 radical (unpaired) electrons. The molecule has 1 rings (SSSR count). The summed E-state index contributed by atoms with van der Waals surface area (Å²) >= 11 is 6.78. The van der Waals surface area contributed by atoms with Gasteiger partial charge in [-0.3, -0.25) is 0 Å². The molecule has 0 aliphatic carbocycles. The Morgan fingerprint density at radius 3 is 2.60 bits per heavy atom.